The fraction of sp³-hybridized carbons (Fsp3) is 0.385. The van der Waals surface area contributed by atoms with Gasteiger partial charge in [-0.05, 0) is 12.1 Å². The number of carbonyl (C=O) groups is 1. The van der Waals surface area contributed by atoms with Gasteiger partial charge in [-0.2, -0.15) is 0 Å². The number of amides is 1. The molecule has 1 rings (SSSR count). The highest BCUT2D eigenvalue weighted by atomic mass is 19.3. The van der Waals surface area contributed by atoms with Crippen molar-refractivity contribution >= 4 is 5.91 Å². The van der Waals surface area contributed by atoms with Gasteiger partial charge in [0.25, 0.3) is 12.3 Å². The molecule has 1 heterocycles. The lowest BCUT2D eigenvalue weighted by Crippen LogP contribution is -2.38. The summed E-state index contributed by atoms with van der Waals surface area (Å²) in [4.78, 5) is 16.9. The number of carbonyl (C=O) groups excluding carboxylic acids is 1. The van der Waals surface area contributed by atoms with Crippen LogP contribution >= 0.6 is 0 Å². The van der Waals surface area contributed by atoms with Gasteiger partial charge in [0.05, 0.1) is 25.3 Å². The number of nitrogens with two attached hydrogens (primary N) is 1. The van der Waals surface area contributed by atoms with Gasteiger partial charge in [0.1, 0.15) is 5.69 Å². The second-order valence-corrected chi connectivity index (χ2v) is 3.77. The molecule has 0 bridgehead atoms. The van der Waals surface area contributed by atoms with E-state index in [9.17, 15) is 13.6 Å². The maximum absolute atomic E-state index is 12.4. The Hall–Kier alpha value is -2.04. The van der Waals surface area contributed by atoms with E-state index in [1.165, 1.54) is 6.20 Å². The summed E-state index contributed by atoms with van der Waals surface area (Å²) in [6, 6.07) is 3.14. The average Bonchev–Trinajstić information content (AvgIpc) is 2.44. The standard InChI is InChI=1S/C13H15F2N3O2/c14-11(15)9-18(7-8-19)13(20)12-10(3-1-5-16)4-2-6-17-12/h2,4,6,11,19H,5,7-9,16H2. The van der Waals surface area contributed by atoms with Crippen LogP contribution in [0.25, 0.3) is 0 Å². The lowest BCUT2D eigenvalue weighted by Gasteiger charge is -2.21. The Morgan fingerprint density at radius 2 is 2.30 bits per heavy atom. The van der Waals surface area contributed by atoms with E-state index >= 15 is 0 Å². The summed E-state index contributed by atoms with van der Waals surface area (Å²) in [7, 11) is 0. The van der Waals surface area contributed by atoms with Crippen LogP contribution in [0.1, 0.15) is 16.1 Å². The van der Waals surface area contributed by atoms with Crippen molar-refractivity contribution in [2.24, 2.45) is 5.73 Å². The molecule has 1 aromatic rings. The van der Waals surface area contributed by atoms with Crippen LogP contribution in [0.2, 0.25) is 0 Å². The Labute approximate surface area is 115 Å². The van der Waals surface area contributed by atoms with E-state index in [-0.39, 0.29) is 18.8 Å². The summed E-state index contributed by atoms with van der Waals surface area (Å²) < 4.78 is 24.9. The summed E-state index contributed by atoms with van der Waals surface area (Å²) in [6.45, 7) is -1.25. The molecule has 0 saturated carbocycles. The monoisotopic (exact) mass is 283 g/mol. The van der Waals surface area contributed by atoms with Crippen LogP contribution < -0.4 is 5.73 Å². The zero-order chi connectivity index (χ0) is 15.0. The summed E-state index contributed by atoms with van der Waals surface area (Å²) in [5, 5.41) is 8.85. The number of halogens is 2. The molecule has 1 aromatic heterocycles. The third-order valence-corrected chi connectivity index (χ3v) is 2.35. The number of aliphatic hydroxyl groups is 1. The Morgan fingerprint density at radius 3 is 2.90 bits per heavy atom. The molecule has 1 amide bonds. The number of alkyl halides is 2. The SMILES string of the molecule is NCC#Cc1cccnc1C(=O)N(CCO)CC(F)F. The molecule has 0 aliphatic rings. The smallest absolute Gasteiger partial charge is 0.274 e. The van der Waals surface area contributed by atoms with Crippen molar-refractivity contribution in [3.05, 3.63) is 29.6 Å². The number of nitrogens with zero attached hydrogens (tertiary/aromatic N) is 2. The molecule has 5 nitrogen and oxygen atoms in total. The first kappa shape index (κ1) is 16.0. The second kappa shape index (κ2) is 8.19. The number of aromatic nitrogens is 1. The van der Waals surface area contributed by atoms with Crippen molar-refractivity contribution in [2.75, 3.05) is 26.2 Å². The third kappa shape index (κ3) is 4.57. The molecule has 20 heavy (non-hydrogen) atoms. The molecule has 0 radical (unpaired) electrons. The topological polar surface area (TPSA) is 79.5 Å². The van der Waals surface area contributed by atoms with Gasteiger partial charge in [0.15, 0.2) is 0 Å². The fourth-order valence-electron chi connectivity index (χ4n) is 1.54. The van der Waals surface area contributed by atoms with Crippen molar-refractivity contribution in [3.63, 3.8) is 0 Å². The van der Waals surface area contributed by atoms with Gasteiger partial charge in [-0.25, -0.2) is 13.8 Å². The minimum atomic E-state index is -2.69. The highest BCUT2D eigenvalue weighted by molar-refractivity contribution is 5.94. The Balaban J connectivity index is 3.04. The van der Waals surface area contributed by atoms with Gasteiger partial charge < -0.3 is 15.7 Å². The second-order valence-electron chi connectivity index (χ2n) is 3.77. The highest BCUT2D eigenvalue weighted by Crippen LogP contribution is 2.09. The molecule has 0 unspecified atom stereocenters. The van der Waals surface area contributed by atoms with Crippen molar-refractivity contribution < 1.29 is 18.7 Å². The molecule has 3 N–H and O–H groups in total. The predicted molar refractivity (Wildman–Crippen MR) is 69.2 cm³/mol. The minimum absolute atomic E-state index is 0.0254. The molecule has 7 heteroatoms. The molecular weight excluding hydrogens is 268 g/mol. The minimum Gasteiger partial charge on any atom is -0.395 e. The van der Waals surface area contributed by atoms with Crippen molar-refractivity contribution in [3.8, 4) is 11.8 Å². The van der Waals surface area contributed by atoms with Crippen molar-refractivity contribution in [1.82, 2.24) is 9.88 Å². The molecule has 0 aliphatic carbocycles. The summed E-state index contributed by atoms with van der Waals surface area (Å²) in [5.41, 5.74) is 5.55. The first-order valence-corrected chi connectivity index (χ1v) is 5.92. The molecular formula is C13H15F2N3O2. The van der Waals surface area contributed by atoms with Gasteiger partial charge in [0.2, 0.25) is 0 Å². The zero-order valence-corrected chi connectivity index (χ0v) is 10.7. The Morgan fingerprint density at radius 1 is 1.55 bits per heavy atom. The summed E-state index contributed by atoms with van der Waals surface area (Å²) in [6.07, 6.45) is -1.31. The lowest BCUT2D eigenvalue weighted by molar-refractivity contribution is 0.0504. The molecule has 0 spiro atoms. The first-order chi connectivity index (χ1) is 9.60. The molecule has 0 fully saturated rings. The quantitative estimate of drug-likeness (QED) is 0.751. The summed E-state index contributed by atoms with van der Waals surface area (Å²) in [5.74, 6) is 4.56. The van der Waals surface area contributed by atoms with Crippen LogP contribution in [0.3, 0.4) is 0 Å². The molecule has 0 atom stereocenters. The first-order valence-electron chi connectivity index (χ1n) is 5.92. The van der Waals surface area contributed by atoms with Crippen LogP contribution in [-0.4, -0.2) is 53.6 Å². The fourth-order valence-corrected chi connectivity index (χ4v) is 1.54. The van der Waals surface area contributed by atoms with Crippen LogP contribution in [-0.2, 0) is 0 Å². The normalized spacial score (nSPS) is 10.1. The molecule has 108 valence electrons. The van der Waals surface area contributed by atoms with E-state index in [0.717, 1.165) is 4.90 Å². The highest BCUT2D eigenvalue weighted by Gasteiger charge is 2.22. The van der Waals surface area contributed by atoms with Gasteiger partial charge in [-0.15, -0.1) is 0 Å². The third-order valence-electron chi connectivity index (χ3n) is 2.35. The Kier molecular flexibility index (Phi) is 6.56. The molecule has 0 saturated heterocycles. The van der Waals surface area contributed by atoms with Gasteiger partial charge >= 0.3 is 0 Å². The van der Waals surface area contributed by atoms with Crippen LogP contribution in [0.4, 0.5) is 8.78 Å². The number of aliphatic hydroxyl groups excluding tert-OH is 1. The predicted octanol–water partition coefficient (Wildman–Crippen LogP) is 0.0914. The largest absolute Gasteiger partial charge is 0.395 e. The maximum Gasteiger partial charge on any atom is 0.274 e. The number of hydrogen-bond donors (Lipinski definition) is 2. The van der Waals surface area contributed by atoms with Crippen LogP contribution in [0, 0.1) is 11.8 Å². The van der Waals surface area contributed by atoms with Crippen LogP contribution in [0.5, 0.6) is 0 Å². The van der Waals surface area contributed by atoms with E-state index in [0.29, 0.717) is 5.56 Å². The van der Waals surface area contributed by atoms with E-state index < -0.39 is 25.5 Å². The van der Waals surface area contributed by atoms with E-state index in [1.54, 1.807) is 12.1 Å². The Bertz CT molecular complexity index is 512. The van der Waals surface area contributed by atoms with Crippen LogP contribution in [0.15, 0.2) is 18.3 Å². The van der Waals surface area contributed by atoms with Crippen molar-refractivity contribution in [2.45, 2.75) is 6.43 Å². The molecule has 0 aliphatic heterocycles. The van der Waals surface area contributed by atoms with E-state index in [1.807, 2.05) is 0 Å². The van der Waals surface area contributed by atoms with E-state index in [4.69, 9.17) is 10.8 Å². The van der Waals surface area contributed by atoms with Gasteiger partial charge in [0, 0.05) is 12.7 Å². The van der Waals surface area contributed by atoms with Gasteiger partial charge in [-0.1, -0.05) is 11.8 Å². The molecule has 0 aromatic carbocycles. The number of hydrogen-bond acceptors (Lipinski definition) is 4. The maximum atomic E-state index is 12.4. The number of rotatable bonds is 5. The lowest BCUT2D eigenvalue weighted by atomic mass is 10.1. The zero-order valence-electron chi connectivity index (χ0n) is 10.7. The average molecular weight is 283 g/mol. The number of pyridine rings is 1. The van der Waals surface area contributed by atoms with E-state index in [2.05, 4.69) is 16.8 Å². The van der Waals surface area contributed by atoms with Crippen molar-refractivity contribution in [1.29, 1.82) is 0 Å². The summed E-state index contributed by atoms with van der Waals surface area (Å²) >= 11 is 0. The van der Waals surface area contributed by atoms with Gasteiger partial charge in [-0.3, -0.25) is 4.79 Å².